The Labute approximate surface area is 128 Å². The molecule has 1 aliphatic carbocycles. The van der Waals surface area contributed by atoms with Gasteiger partial charge in [0.05, 0.1) is 5.02 Å². The predicted molar refractivity (Wildman–Crippen MR) is 82.0 cm³/mol. The van der Waals surface area contributed by atoms with Gasteiger partial charge in [-0.25, -0.2) is 4.39 Å². The maximum atomic E-state index is 13.9. The van der Waals surface area contributed by atoms with Crippen LogP contribution in [0.3, 0.4) is 0 Å². The van der Waals surface area contributed by atoms with E-state index in [0.29, 0.717) is 22.4 Å². The van der Waals surface area contributed by atoms with Crippen LogP contribution in [0.4, 0.5) is 4.39 Å². The molecule has 0 unspecified atom stereocenters. The highest BCUT2D eigenvalue weighted by Gasteiger charge is 2.20. The van der Waals surface area contributed by atoms with E-state index in [0.717, 1.165) is 12.1 Å². The van der Waals surface area contributed by atoms with Crippen molar-refractivity contribution < 1.29 is 9.13 Å². The molecule has 4 heteroatoms. The largest absolute Gasteiger partial charge is 0.487 e. The molecule has 0 heterocycles. The van der Waals surface area contributed by atoms with Crippen LogP contribution >= 0.6 is 11.6 Å². The Bertz CT molecular complexity index is 628. The fraction of sp³-hybridized carbons (Fsp3) is 0.294. The molecule has 1 fully saturated rings. The Morgan fingerprint density at radius 1 is 1.19 bits per heavy atom. The van der Waals surface area contributed by atoms with Crippen LogP contribution in [0, 0.1) is 5.82 Å². The molecule has 0 bridgehead atoms. The number of halogens is 2. The summed E-state index contributed by atoms with van der Waals surface area (Å²) in [6.45, 7) is 0.941. The molecule has 1 aliphatic rings. The fourth-order valence-corrected chi connectivity index (χ4v) is 2.31. The molecule has 2 aromatic rings. The van der Waals surface area contributed by atoms with Crippen LogP contribution in [-0.4, -0.2) is 6.04 Å². The van der Waals surface area contributed by atoms with E-state index in [1.807, 2.05) is 24.3 Å². The van der Waals surface area contributed by atoms with Crippen molar-refractivity contribution in [3.8, 4) is 5.75 Å². The van der Waals surface area contributed by atoms with Gasteiger partial charge in [-0.2, -0.15) is 0 Å². The number of hydrogen-bond acceptors (Lipinski definition) is 2. The Morgan fingerprint density at radius 3 is 2.76 bits per heavy atom. The van der Waals surface area contributed by atoms with Crippen molar-refractivity contribution in [2.75, 3.05) is 0 Å². The summed E-state index contributed by atoms with van der Waals surface area (Å²) < 4.78 is 19.5. The molecule has 1 saturated carbocycles. The molecular weight excluding hydrogens is 289 g/mol. The van der Waals surface area contributed by atoms with Gasteiger partial charge in [0, 0.05) is 18.2 Å². The molecule has 0 spiro atoms. The van der Waals surface area contributed by atoms with E-state index in [9.17, 15) is 4.39 Å². The fourth-order valence-electron chi connectivity index (χ4n) is 2.12. The second-order valence-corrected chi connectivity index (χ2v) is 5.71. The molecule has 0 aliphatic heterocycles. The van der Waals surface area contributed by atoms with Gasteiger partial charge in [-0.05, 0) is 42.7 Å². The van der Waals surface area contributed by atoms with E-state index in [2.05, 4.69) is 5.32 Å². The van der Waals surface area contributed by atoms with Gasteiger partial charge < -0.3 is 10.1 Å². The van der Waals surface area contributed by atoms with Crippen LogP contribution < -0.4 is 10.1 Å². The third-order valence-corrected chi connectivity index (χ3v) is 3.81. The molecular formula is C17H17ClFNO. The molecule has 3 rings (SSSR count). The van der Waals surface area contributed by atoms with Gasteiger partial charge in [0.1, 0.15) is 18.2 Å². The number of ether oxygens (including phenoxy) is 1. The lowest BCUT2D eigenvalue weighted by atomic mass is 10.1. The summed E-state index contributed by atoms with van der Waals surface area (Å²) in [6, 6.07) is 13.0. The summed E-state index contributed by atoms with van der Waals surface area (Å²) in [5, 5.41) is 3.95. The Hall–Kier alpha value is -1.58. The molecule has 21 heavy (non-hydrogen) atoms. The summed E-state index contributed by atoms with van der Waals surface area (Å²) in [5.74, 6) is 0.317. The first kappa shape index (κ1) is 14.4. The van der Waals surface area contributed by atoms with Gasteiger partial charge >= 0.3 is 0 Å². The zero-order chi connectivity index (χ0) is 14.7. The first-order chi connectivity index (χ1) is 10.2. The molecule has 2 nitrogen and oxygen atoms in total. The summed E-state index contributed by atoms with van der Waals surface area (Å²) in [6.07, 6.45) is 2.48. The molecule has 0 radical (unpaired) electrons. The standard InChI is InChI=1S/C17H17ClFNO/c18-15-3-1-2-4-17(15)21-11-13-9-12(5-8-16(13)19)10-20-14-6-7-14/h1-5,8-9,14,20H,6-7,10-11H2. The smallest absolute Gasteiger partial charge is 0.138 e. The number of para-hydroxylation sites is 1. The number of hydrogen-bond donors (Lipinski definition) is 1. The molecule has 0 aromatic heterocycles. The van der Waals surface area contributed by atoms with Crippen molar-refractivity contribution in [1.29, 1.82) is 0 Å². The van der Waals surface area contributed by atoms with Gasteiger partial charge in [-0.1, -0.05) is 29.8 Å². The number of nitrogens with one attached hydrogen (secondary N) is 1. The SMILES string of the molecule is Fc1ccc(CNC2CC2)cc1COc1ccccc1Cl. The van der Waals surface area contributed by atoms with Gasteiger partial charge in [0.15, 0.2) is 0 Å². The van der Waals surface area contributed by atoms with Crippen molar-refractivity contribution in [3.05, 3.63) is 64.4 Å². The molecule has 1 N–H and O–H groups in total. The lowest BCUT2D eigenvalue weighted by Crippen LogP contribution is -2.15. The van der Waals surface area contributed by atoms with Crippen molar-refractivity contribution in [1.82, 2.24) is 5.32 Å². The highest BCUT2D eigenvalue weighted by molar-refractivity contribution is 6.32. The van der Waals surface area contributed by atoms with Gasteiger partial charge in [-0.3, -0.25) is 0 Å². The lowest BCUT2D eigenvalue weighted by Gasteiger charge is -2.10. The maximum absolute atomic E-state index is 13.9. The van der Waals surface area contributed by atoms with Crippen LogP contribution in [0.5, 0.6) is 5.75 Å². The van der Waals surface area contributed by atoms with Crippen LogP contribution in [-0.2, 0) is 13.2 Å². The monoisotopic (exact) mass is 305 g/mol. The third-order valence-electron chi connectivity index (χ3n) is 3.50. The quantitative estimate of drug-likeness (QED) is 0.858. The second kappa shape index (κ2) is 6.46. The first-order valence-electron chi connectivity index (χ1n) is 7.10. The summed E-state index contributed by atoms with van der Waals surface area (Å²) in [5.41, 5.74) is 1.62. The highest BCUT2D eigenvalue weighted by Crippen LogP contribution is 2.25. The summed E-state index contributed by atoms with van der Waals surface area (Å²) in [7, 11) is 0. The van der Waals surface area contributed by atoms with E-state index in [4.69, 9.17) is 16.3 Å². The third kappa shape index (κ3) is 3.96. The zero-order valence-corrected chi connectivity index (χ0v) is 12.4. The number of rotatable bonds is 6. The molecule has 110 valence electrons. The average molecular weight is 306 g/mol. The van der Waals surface area contributed by atoms with Gasteiger partial charge in [-0.15, -0.1) is 0 Å². The molecule has 0 atom stereocenters. The topological polar surface area (TPSA) is 21.3 Å². The summed E-state index contributed by atoms with van der Waals surface area (Å²) >= 11 is 6.02. The number of benzene rings is 2. The minimum absolute atomic E-state index is 0.173. The highest BCUT2D eigenvalue weighted by atomic mass is 35.5. The van der Waals surface area contributed by atoms with E-state index < -0.39 is 0 Å². The van der Waals surface area contributed by atoms with Crippen LogP contribution in [0.2, 0.25) is 5.02 Å². The zero-order valence-electron chi connectivity index (χ0n) is 11.6. The van der Waals surface area contributed by atoms with Crippen molar-refractivity contribution in [2.45, 2.75) is 32.0 Å². The Morgan fingerprint density at radius 2 is 2.00 bits per heavy atom. The van der Waals surface area contributed by atoms with E-state index in [-0.39, 0.29) is 12.4 Å². The first-order valence-corrected chi connectivity index (χ1v) is 7.48. The van der Waals surface area contributed by atoms with Gasteiger partial charge in [0.25, 0.3) is 0 Å². The maximum Gasteiger partial charge on any atom is 0.138 e. The van der Waals surface area contributed by atoms with Crippen LogP contribution in [0.25, 0.3) is 0 Å². The molecule has 2 aromatic carbocycles. The predicted octanol–water partition coefficient (Wildman–Crippen LogP) is 4.31. The minimum atomic E-state index is -0.253. The van der Waals surface area contributed by atoms with Crippen molar-refractivity contribution in [2.24, 2.45) is 0 Å². The lowest BCUT2D eigenvalue weighted by molar-refractivity contribution is 0.300. The summed E-state index contributed by atoms with van der Waals surface area (Å²) in [4.78, 5) is 0. The minimum Gasteiger partial charge on any atom is -0.487 e. The molecule has 0 amide bonds. The normalized spacial score (nSPS) is 14.2. The molecule has 0 saturated heterocycles. The van der Waals surface area contributed by atoms with Crippen LogP contribution in [0.15, 0.2) is 42.5 Å². The van der Waals surface area contributed by atoms with E-state index in [1.165, 1.54) is 18.9 Å². The average Bonchev–Trinajstić information content (AvgIpc) is 3.31. The van der Waals surface area contributed by atoms with Crippen LogP contribution in [0.1, 0.15) is 24.0 Å². The Balaban J connectivity index is 1.65. The van der Waals surface area contributed by atoms with E-state index >= 15 is 0 Å². The van der Waals surface area contributed by atoms with Gasteiger partial charge in [0.2, 0.25) is 0 Å². The van der Waals surface area contributed by atoms with E-state index in [1.54, 1.807) is 12.1 Å². The van der Waals surface area contributed by atoms with Crippen molar-refractivity contribution >= 4 is 11.6 Å². The second-order valence-electron chi connectivity index (χ2n) is 5.30. The van der Waals surface area contributed by atoms with Crippen molar-refractivity contribution in [3.63, 3.8) is 0 Å². The Kier molecular flexibility index (Phi) is 4.42.